The summed E-state index contributed by atoms with van der Waals surface area (Å²) in [7, 11) is 0. The number of hydrogen-bond donors (Lipinski definition) is 1. The lowest BCUT2D eigenvalue weighted by molar-refractivity contribution is 0.146. The van der Waals surface area contributed by atoms with Crippen molar-refractivity contribution in [2.24, 2.45) is 11.7 Å². The van der Waals surface area contributed by atoms with Crippen molar-refractivity contribution < 1.29 is 0 Å². The Bertz CT molecular complexity index is 366. The van der Waals surface area contributed by atoms with Gasteiger partial charge in [0.2, 0.25) is 0 Å². The molecule has 0 saturated heterocycles. The molecule has 2 unspecified atom stereocenters. The van der Waals surface area contributed by atoms with Gasteiger partial charge in [0, 0.05) is 12.0 Å². The summed E-state index contributed by atoms with van der Waals surface area (Å²) in [6.45, 7) is 7.47. The first-order valence-corrected chi connectivity index (χ1v) is 5.88. The van der Waals surface area contributed by atoms with Crippen molar-refractivity contribution >= 4 is 0 Å². The Morgan fingerprint density at radius 1 is 1.33 bits per heavy atom. The lowest BCUT2D eigenvalue weighted by Gasteiger charge is -2.48. The van der Waals surface area contributed by atoms with E-state index in [0.717, 1.165) is 12.5 Å². The molecular weight excluding hydrogens is 182 g/mol. The van der Waals surface area contributed by atoms with Crippen LogP contribution in [0.2, 0.25) is 0 Å². The van der Waals surface area contributed by atoms with Crippen LogP contribution in [0.4, 0.5) is 0 Å². The predicted molar refractivity (Wildman–Crippen MR) is 65.0 cm³/mol. The van der Waals surface area contributed by atoms with Crippen LogP contribution in [-0.4, -0.2) is 6.54 Å². The van der Waals surface area contributed by atoms with Gasteiger partial charge in [-0.3, -0.25) is 0 Å². The van der Waals surface area contributed by atoms with Crippen molar-refractivity contribution in [1.29, 1.82) is 0 Å². The summed E-state index contributed by atoms with van der Waals surface area (Å²) >= 11 is 0. The summed E-state index contributed by atoms with van der Waals surface area (Å²) in [6, 6.07) is 6.83. The van der Waals surface area contributed by atoms with Crippen LogP contribution >= 0.6 is 0 Å². The van der Waals surface area contributed by atoms with E-state index < -0.39 is 0 Å². The number of rotatable bonds is 2. The van der Waals surface area contributed by atoms with E-state index in [-0.39, 0.29) is 5.41 Å². The van der Waals surface area contributed by atoms with E-state index in [1.807, 2.05) is 0 Å². The predicted octanol–water partition coefficient (Wildman–Crippen LogP) is 2.93. The Kier molecular flexibility index (Phi) is 2.59. The third-order valence-electron chi connectivity index (χ3n) is 4.41. The Morgan fingerprint density at radius 2 is 2.07 bits per heavy atom. The maximum atomic E-state index is 5.98. The van der Waals surface area contributed by atoms with Gasteiger partial charge in [0.1, 0.15) is 0 Å². The van der Waals surface area contributed by atoms with Crippen LogP contribution in [0.1, 0.15) is 36.5 Å². The van der Waals surface area contributed by atoms with Crippen molar-refractivity contribution in [1.82, 2.24) is 0 Å². The number of benzene rings is 1. The van der Waals surface area contributed by atoms with Gasteiger partial charge < -0.3 is 5.73 Å². The van der Waals surface area contributed by atoms with Gasteiger partial charge in [0.25, 0.3) is 0 Å². The van der Waals surface area contributed by atoms with Gasteiger partial charge in [-0.2, -0.15) is 0 Å². The van der Waals surface area contributed by atoms with Crippen LogP contribution in [0, 0.1) is 19.8 Å². The molecule has 1 aromatic rings. The molecule has 0 amide bonds. The highest BCUT2D eigenvalue weighted by molar-refractivity contribution is 5.37. The zero-order chi connectivity index (χ0) is 11.1. The number of aryl methyl sites for hydroxylation is 2. The average molecular weight is 203 g/mol. The molecule has 0 aliphatic heterocycles. The summed E-state index contributed by atoms with van der Waals surface area (Å²) in [5.74, 6) is 0.740. The molecule has 82 valence electrons. The molecule has 1 nitrogen and oxygen atoms in total. The van der Waals surface area contributed by atoms with Crippen LogP contribution in [-0.2, 0) is 5.41 Å². The molecule has 1 fully saturated rings. The van der Waals surface area contributed by atoms with Crippen LogP contribution < -0.4 is 5.73 Å². The zero-order valence-electron chi connectivity index (χ0n) is 10.0. The normalized spacial score (nSPS) is 30.0. The van der Waals surface area contributed by atoms with Gasteiger partial charge in [-0.15, -0.1) is 0 Å². The van der Waals surface area contributed by atoms with Crippen LogP contribution in [0.3, 0.4) is 0 Å². The van der Waals surface area contributed by atoms with Crippen LogP contribution in [0.25, 0.3) is 0 Å². The molecule has 1 heteroatoms. The van der Waals surface area contributed by atoms with Crippen molar-refractivity contribution in [3.8, 4) is 0 Å². The number of nitrogens with two attached hydrogens (primary N) is 1. The third-order valence-corrected chi connectivity index (χ3v) is 4.41. The van der Waals surface area contributed by atoms with Crippen LogP contribution in [0.5, 0.6) is 0 Å². The van der Waals surface area contributed by atoms with Gasteiger partial charge in [0.05, 0.1) is 0 Å². The van der Waals surface area contributed by atoms with E-state index >= 15 is 0 Å². The van der Waals surface area contributed by atoms with E-state index in [9.17, 15) is 0 Å². The van der Waals surface area contributed by atoms with E-state index in [1.54, 1.807) is 0 Å². The minimum atomic E-state index is 0.276. The maximum absolute atomic E-state index is 5.98. The van der Waals surface area contributed by atoms with Gasteiger partial charge in [-0.25, -0.2) is 0 Å². The summed E-state index contributed by atoms with van der Waals surface area (Å²) in [5, 5.41) is 0. The Hall–Kier alpha value is -0.820. The number of hydrogen-bond acceptors (Lipinski definition) is 1. The minimum absolute atomic E-state index is 0.276. The topological polar surface area (TPSA) is 26.0 Å². The second kappa shape index (κ2) is 3.64. The van der Waals surface area contributed by atoms with Crippen molar-refractivity contribution in [2.75, 3.05) is 6.54 Å². The second-order valence-corrected chi connectivity index (χ2v) is 5.10. The monoisotopic (exact) mass is 203 g/mol. The highest BCUT2D eigenvalue weighted by atomic mass is 14.6. The van der Waals surface area contributed by atoms with E-state index in [1.165, 1.54) is 29.5 Å². The summed E-state index contributed by atoms with van der Waals surface area (Å²) in [4.78, 5) is 0. The van der Waals surface area contributed by atoms with E-state index in [0.29, 0.717) is 0 Å². The highest BCUT2D eigenvalue weighted by Crippen LogP contribution is 2.48. The molecule has 2 N–H and O–H groups in total. The molecule has 1 aromatic carbocycles. The fraction of sp³-hybridized carbons (Fsp3) is 0.571. The SMILES string of the molecule is Cc1ccc(C2(CN)CCC2C)cc1C. The molecular formula is C14H21N. The lowest BCUT2D eigenvalue weighted by atomic mass is 9.57. The zero-order valence-corrected chi connectivity index (χ0v) is 10.0. The summed E-state index contributed by atoms with van der Waals surface area (Å²) in [6.07, 6.45) is 2.58. The standard InChI is InChI=1S/C14H21N/c1-10-4-5-13(8-11(10)2)14(9-15)7-6-12(14)3/h4-5,8,12H,6-7,9,15H2,1-3H3. The summed E-state index contributed by atoms with van der Waals surface area (Å²) in [5.41, 5.74) is 10.5. The first-order chi connectivity index (χ1) is 7.10. The van der Waals surface area contributed by atoms with Crippen molar-refractivity contribution in [3.63, 3.8) is 0 Å². The molecule has 0 heterocycles. The summed E-state index contributed by atoms with van der Waals surface area (Å²) < 4.78 is 0. The molecule has 1 aliphatic rings. The van der Waals surface area contributed by atoms with E-state index in [2.05, 4.69) is 39.0 Å². The van der Waals surface area contributed by atoms with Gasteiger partial charge in [-0.1, -0.05) is 25.1 Å². The first-order valence-electron chi connectivity index (χ1n) is 5.88. The molecule has 2 rings (SSSR count). The third kappa shape index (κ3) is 1.50. The van der Waals surface area contributed by atoms with Gasteiger partial charge in [-0.05, 0) is 49.3 Å². The molecule has 1 saturated carbocycles. The lowest BCUT2D eigenvalue weighted by Crippen LogP contribution is -2.48. The Morgan fingerprint density at radius 3 is 2.47 bits per heavy atom. The van der Waals surface area contributed by atoms with Gasteiger partial charge >= 0.3 is 0 Å². The second-order valence-electron chi connectivity index (χ2n) is 5.10. The van der Waals surface area contributed by atoms with Gasteiger partial charge in [0.15, 0.2) is 0 Å². The molecule has 15 heavy (non-hydrogen) atoms. The van der Waals surface area contributed by atoms with Crippen LogP contribution in [0.15, 0.2) is 18.2 Å². The Labute approximate surface area is 92.7 Å². The molecule has 0 aromatic heterocycles. The molecule has 1 aliphatic carbocycles. The molecule has 0 radical (unpaired) electrons. The molecule has 0 spiro atoms. The quantitative estimate of drug-likeness (QED) is 0.785. The minimum Gasteiger partial charge on any atom is -0.330 e. The molecule has 2 atom stereocenters. The fourth-order valence-electron chi connectivity index (χ4n) is 2.68. The average Bonchev–Trinajstić information content (AvgIpc) is 2.22. The Balaban J connectivity index is 2.40. The first kappa shape index (κ1) is 10.7. The fourth-order valence-corrected chi connectivity index (χ4v) is 2.68. The van der Waals surface area contributed by atoms with Crippen molar-refractivity contribution in [2.45, 2.75) is 39.0 Å². The smallest absolute Gasteiger partial charge is 0.0101 e. The largest absolute Gasteiger partial charge is 0.330 e. The maximum Gasteiger partial charge on any atom is 0.0101 e. The van der Waals surface area contributed by atoms with E-state index in [4.69, 9.17) is 5.73 Å². The highest BCUT2D eigenvalue weighted by Gasteiger charge is 2.44. The van der Waals surface area contributed by atoms with Crippen molar-refractivity contribution in [3.05, 3.63) is 34.9 Å². The molecule has 0 bridgehead atoms.